The van der Waals surface area contributed by atoms with Crippen LogP contribution in [0, 0.1) is 0 Å². The van der Waals surface area contributed by atoms with Crippen molar-refractivity contribution in [2.75, 3.05) is 12.4 Å². The van der Waals surface area contributed by atoms with E-state index in [-0.39, 0.29) is 18.0 Å². The molecule has 1 saturated carbocycles. The van der Waals surface area contributed by atoms with Crippen molar-refractivity contribution < 1.29 is 14.3 Å². The normalized spacial score (nSPS) is 18.4. The Kier molecular flexibility index (Phi) is 8.38. The molecule has 2 aromatic heterocycles. The molecule has 2 unspecified atom stereocenters. The predicted octanol–water partition coefficient (Wildman–Crippen LogP) is 2.86. The molecule has 3 N–H and O–H groups in total. The number of methoxy groups -OCH3 is 1. The number of rotatable bonds is 7. The van der Waals surface area contributed by atoms with Gasteiger partial charge in [0.25, 0.3) is 5.91 Å². The van der Waals surface area contributed by atoms with E-state index in [0.29, 0.717) is 29.9 Å². The first kappa shape index (κ1) is 22.6. The zero-order chi connectivity index (χ0) is 21.4. The lowest BCUT2D eigenvalue weighted by molar-refractivity contribution is -0.109. The number of ether oxygens (including phenoxy) is 1. The summed E-state index contributed by atoms with van der Waals surface area (Å²) in [4.78, 5) is 21.7. The third-order valence-electron chi connectivity index (χ3n) is 4.77. The summed E-state index contributed by atoms with van der Waals surface area (Å²) in [6.07, 6.45) is 5.96. The number of carbonyl (C=O) groups excluding carboxylic acids is 2. The fourth-order valence-electron chi connectivity index (χ4n) is 3.11. The Bertz CT molecular complexity index is 783. The highest BCUT2D eigenvalue weighted by Crippen LogP contribution is 2.35. The summed E-state index contributed by atoms with van der Waals surface area (Å²) in [6.45, 7) is 7.86. The van der Waals surface area contributed by atoms with Crippen molar-refractivity contribution in [3.63, 3.8) is 0 Å². The number of H-pyrrole nitrogens is 1. The van der Waals surface area contributed by atoms with Crippen molar-refractivity contribution in [3.8, 4) is 0 Å². The number of aromatic amines is 1. The average Bonchev–Trinajstić information content (AvgIpc) is 3.41. The first-order valence-electron chi connectivity index (χ1n) is 9.98. The molecule has 160 valence electrons. The van der Waals surface area contributed by atoms with Gasteiger partial charge in [-0.05, 0) is 53.0 Å². The second-order valence-electron chi connectivity index (χ2n) is 7.74. The van der Waals surface area contributed by atoms with Gasteiger partial charge in [-0.15, -0.1) is 0 Å². The largest absolute Gasteiger partial charge is 0.381 e. The molecule has 1 aliphatic carbocycles. The highest BCUT2D eigenvalue weighted by atomic mass is 16.5. The van der Waals surface area contributed by atoms with Gasteiger partial charge in [0.15, 0.2) is 11.5 Å². The van der Waals surface area contributed by atoms with E-state index in [2.05, 4.69) is 25.9 Å². The summed E-state index contributed by atoms with van der Waals surface area (Å²) in [6, 6.07) is 4.12. The van der Waals surface area contributed by atoms with E-state index in [0.717, 1.165) is 25.0 Å². The Morgan fingerprint density at radius 1 is 1.34 bits per heavy atom. The Labute approximate surface area is 171 Å². The summed E-state index contributed by atoms with van der Waals surface area (Å²) in [5.41, 5.74) is 1.44. The molecule has 2 amide bonds. The van der Waals surface area contributed by atoms with Crippen LogP contribution in [0.3, 0.4) is 0 Å². The first-order chi connectivity index (χ1) is 13.8. The maximum atomic E-state index is 12.2. The van der Waals surface area contributed by atoms with Crippen LogP contribution in [0.4, 0.5) is 5.82 Å². The number of anilines is 1. The molecule has 0 bridgehead atoms. The Hall–Kier alpha value is -2.68. The summed E-state index contributed by atoms with van der Waals surface area (Å²) in [7, 11) is 1.75. The Morgan fingerprint density at radius 3 is 2.62 bits per heavy atom. The van der Waals surface area contributed by atoms with E-state index in [1.165, 1.54) is 0 Å². The van der Waals surface area contributed by atoms with Gasteiger partial charge in [-0.25, -0.2) is 0 Å². The zero-order valence-electron chi connectivity index (χ0n) is 17.8. The summed E-state index contributed by atoms with van der Waals surface area (Å²) in [5.74, 6) is 0.701. The van der Waals surface area contributed by atoms with Crippen LogP contribution in [0.5, 0.6) is 0 Å². The number of nitrogens with one attached hydrogen (secondary N) is 3. The van der Waals surface area contributed by atoms with Crippen LogP contribution in [0.2, 0.25) is 0 Å². The smallest absolute Gasteiger partial charge is 0.277 e. The van der Waals surface area contributed by atoms with Crippen LogP contribution in [0.15, 0.2) is 18.3 Å². The number of carbonyl (C=O) groups is 2. The van der Waals surface area contributed by atoms with Crippen LogP contribution in [0.1, 0.15) is 75.1 Å². The van der Waals surface area contributed by atoms with Gasteiger partial charge < -0.3 is 15.4 Å². The molecule has 2 atom stereocenters. The quantitative estimate of drug-likeness (QED) is 0.614. The number of hydrogen-bond acceptors (Lipinski definition) is 5. The maximum absolute atomic E-state index is 12.2. The van der Waals surface area contributed by atoms with Crippen molar-refractivity contribution >= 4 is 18.1 Å². The van der Waals surface area contributed by atoms with Gasteiger partial charge in [-0.2, -0.15) is 10.2 Å². The molecule has 29 heavy (non-hydrogen) atoms. The Balaban J connectivity index is 0.000000438. The van der Waals surface area contributed by atoms with Crippen LogP contribution in [0.25, 0.3) is 0 Å². The molecule has 1 aliphatic rings. The van der Waals surface area contributed by atoms with Gasteiger partial charge in [0.05, 0.1) is 6.10 Å². The molecule has 0 radical (unpaired) electrons. The fraction of sp³-hybridized carbons (Fsp3) is 0.600. The van der Waals surface area contributed by atoms with Gasteiger partial charge in [0, 0.05) is 43.1 Å². The fourth-order valence-corrected chi connectivity index (χ4v) is 3.11. The molecular weight excluding hydrogens is 372 g/mol. The van der Waals surface area contributed by atoms with Gasteiger partial charge in [-0.3, -0.25) is 19.4 Å². The zero-order valence-corrected chi connectivity index (χ0v) is 17.8. The molecule has 0 aromatic carbocycles. The highest BCUT2D eigenvalue weighted by molar-refractivity contribution is 6.02. The summed E-state index contributed by atoms with van der Waals surface area (Å²) in [5, 5.41) is 16.8. The molecule has 9 nitrogen and oxygen atoms in total. The van der Waals surface area contributed by atoms with Crippen molar-refractivity contribution in [3.05, 3.63) is 29.7 Å². The molecule has 0 aliphatic heterocycles. The SMILES string of the molecule is CC(C)NC=O.COC1CCC(c2cc(NC(=O)c3ccn(C(C)C)n3)n[nH]2)C1. The lowest BCUT2D eigenvalue weighted by Gasteiger charge is -2.07. The number of nitrogens with zero attached hydrogens (tertiary/aromatic N) is 3. The van der Waals surface area contributed by atoms with E-state index in [1.807, 2.05) is 33.8 Å². The van der Waals surface area contributed by atoms with Crippen molar-refractivity contribution in [2.24, 2.45) is 0 Å². The minimum Gasteiger partial charge on any atom is -0.381 e. The molecule has 1 fully saturated rings. The predicted molar refractivity (Wildman–Crippen MR) is 111 cm³/mol. The average molecular weight is 405 g/mol. The second kappa shape index (κ2) is 10.8. The number of amides is 2. The molecule has 9 heteroatoms. The number of hydrogen-bond donors (Lipinski definition) is 3. The standard InChI is InChI=1S/C16H23N5O2.C4H9NO/c1-10(2)21-7-6-13(20-21)16(22)17-15-9-14(18-19-15)11-4-5-12(8-11)23-3;1-4(2)5-3-6/h6-7,9-12H,4-5,8H2,1-3H3,(H2,17,18,19,22);3-4H,1-2H3,(H,5,6). The highest BCUT2D eigenvalue weighted by Gasteiger charge is 2.27. The van der Waals surface area contributed by atoms with E-state index in [1.54, 1.807) is 24.1 Å². The van der Waals surface area contributed by atoms with E-state index in [4.69, 9.17) is 4.74 Å². The van der Waals surface area contributed by atoms with Crippen LogP contribution >= 0.6 is 0 Å². The second-order valence-corrected chi connectivity index (χ2v) is 7.74. The first-order valence-corrected chi connectivity index (χ1v) is 9.98. The van der Waals surface area contributed by atoms with Crippen molar-refractivity contribution in [2.45, 2.75) is 71.1 Å². The van der Waals surface area contributed by atoms with E-state index in [9.17, 15) is 9.59 Å². The van der Waals surface area contributed by atoms with E-state index >= 15 is 0 Å². The lowest BCUT2D eigenvalue weighted by atomic mass is 10.0. The molecule has 2 aromatic rings. The maximum Gasteiger partial charge on any atom is 0.277 e. The molecular formula is C20H32N6O3. The van der Waals surface area contributed by atoms with Gasteiger partial charge >= 0.3 is 0 Å². The van der Waals surface area contributed by atoms with Crippen LogP contribution in [-0.2, 0) is 9.53 Å². The van der Waals surface area contributed by atoms with Gasteiger partial charge in [0.2, 0.25) is 6.41 Å². The van der Waals surface area contributed by atoms with E-state index < -0.39 is 0 Å². The summed E-state index contributed by atoms with van der Waals surface area (Å²) >= 11 is 0. The number of aromatic nitrogens is 4. The minimum absolute atomic E-state index is 0.227. The minimum atomic E-state index is -0.247. The Morgan fingerprint density at radius 2 is 2.10 bits per heavy atom. The molecule has 0 saturated heterocycles. The molecule has 0 spiro atoms. The molecule has 2 heterocycles. The third-order valence-corrected chi connectivity index (χ3v) is 4.77. The monoisotopic (exact) mass is 404 g/mol. The molecule has 3 rings (SSSR count). The summed E-state index contributed by atoms with van der Waals surface area (Å²) < 4.78 is 7.16. The lowest BCUT2D eigenvalue weighted by Crippen LogP contribution is -2.19. The van der Waals surface area contributed by atoms with Crippen molar-refractivity contribution in [1.29, 1.82) is 0 Å². The van der Waals surface area contributed by atoms with Gasteiger partial charge in [0.1, 0.15) is 0 Å². The van der Waals surface area contributed by atoms with Crippen LogP contribution in [-0.4, -0.2) is 51.6 Å². The van der Waals surface area contributed by atoms with Gasteiger partial charge in [-0.1, -0.05) is 0 Å². The van der Waals surface area contributed by atoms with Crippen LogP contribution < -0.4 is 10.6 Å². The topological polar surface area (TPSA) is 114 Å². The third kappa shape index (κ3) is 6.70. The van der Waals surface area contributed by atoms with Crippen molar-refractivity contribution in [1.82, 2.24) is 25.3 Å².